The van der Waals surface area contributed by atoms with Crippen LogP contribution in [-0.2, 0) is 4.74 Å². The summed E-state index contributed by atoms with van der Waals surface area (Å²) in [5.41, 5.74) is 1.23. The maximum Gasteiger partial charge on any atom is 0.338 e. The van der Waals surface area contributed by atoms with Crippen LogP contribution in [0.3, 0.4) is 0 Å². The van der Waals surface area contributed by atoms with Crippen LogP contribution in [0.5, 0.6) is 0 Å². The fourth-order valence-corrected chi connectivity index (χ4v) is 1.38. The second-order valence-corrected chi connectivity index (χ2v) is 3.61. The molecule has 2 aromatic rings. The van der Waals surface area contributed by atoms with Gasteiger partial charge in [0.25, 0.3) is 5.89 Å². The number of carbonyl (C=O) groups excluding carboxylic acids is 1. The molecule has 5 heteroatoms. The standard InChI is InChI=1S/C13H12N2O3/c1-3-8-17-13(16)11-6-4-10(5-7-11)12-14-9(2)15-18-12/h3-7H,1,8H2,2H3. The normalized spacial score (nSPS) is 10.1. The molecule has 0 amide bonds. The van der Waals surface area contributed by atoms with E-state index in [1.807, 2.05) is 0 Å². The summed E-state index contributed by atoms with van der Waals surface area (Å²) in [7, 11) is 0. The summed E-state index contributed by atoms with van der Waals surface area (Å²) in [6.07, 6.45) is 1.52. The molecule has 1 aromatic carbocycles. The summed E-state index contributed by atoms with van der Waals surface area (Å²) in [5, 5.41) is 3.70. The van der Waals surface area contributed by atoms with Gasteiger partial charge >= 0.3 is 5.97 Å². The minimum Gasteiger partial charge on any atom is -0.458 e. The van der Waals surface area contributed by atoms with Crippen molar-refractivity contribution in [2.45, 2.75) is 6.92 Å². The van der Waals surface area contributed by atoms with Crippen LogP contribution in [0.2, 0.25) is 0 Å². The monoisotopic (exact) mass is 244 g/mol. The number of esters is 1. The molecule has 0 N–H and O–H groups in total. The molecule has 0 aliphatic carbocycles. The molecule has 0 aliphatic rings. The molecule has 0 radical (unpaired) electrons. The number of carbonyl (C=O) groups is 1. The van der Waals surface area contributed by atoms with Crippen molar-refractivity contribution in [2.75, 3.05) is 6.61 Å². The summed E-state index contributed by atoms with van der Waals surface area (Å²) in [4.78, 5) is 15.6. The Bertz CT molecular complexity index is 558. The van der Waals surface area contributed by atoms with Gasteiger partial charge < -0.3 is 9.26 Å². The lowest BCUT2D eigenvalue weighted by atomic mass is 10.1. The van der Waals surface area contributed by atoms with Crippen LogP contribution in [0.15, 0.2) is 41.4 Å². The first kappa shape index (κ1) is 12.0. The van der Waals surface area contributed by atoms with Crippen molar-refractivity contribution in [3.8, 4) is 11.5 Å². The largest absolute Gasteiger partial charge is 0.458 e. The number of hydrogen-bond donors (Lipinski definition) is 0. The maximum absolute atomic E-state index is 11.5. The lowest BCUT2D eigenvalue weighted by molar-refractivity contribution is 0.0550. The third-order valence-electron chi connectivity index (χ3n) is 2.23. The smallest absolute Gasteiger partial charge is 0.338 e. The zero-order valence-electron chi connectivity index (χ0n) is 9.92. The second kappa shape index (κ2) is 5.27. The Morgan fingerprint density at radius 1 is 1.44 bits per heavy atom. The third kappa shape index (κ3) is 2.63. The zero-order chi connectivity index (χ0) is 13.0. The van der Waals surface area contributed by atoms with Crippen LogP contribution in [0.25, 0.3) is 11.5 Å². The van der Waals surface area contributed by atoms with Gasteiger partial charge in [-0.15, -0.1) is 0 Å². The Hall–Kier alpha value is -2.43. The average Bonchev–Trinajstić information content (AvgIpc) is 2.83. The van der Waals surface area contributed by atoms with Gasteiger partial charge in [0.05, 0.1) is 5.56 Å². The molecule has 0 spiro atoms. The molecular weight excluding hydrogens is 232 g/mol. The van der Waals surface area contributed by atoms with E-state index in [1.54, 1.807) is 31.2 Å². The molecule has 0 aliphatic heterocycles. The molecule has 2 rings (SSSR count). The Morgan fingerprint density at radius 2 is 2.17 bits per heavy atom. The second-order valence-electron chi connectivity index (χ2n) is 3.61. The van der Waals surface area contributed by atoms with E-state index in [4.69, 9.17) is 9.26 Å². The van der Waals surface area contributed by atoms with Gasteiger partial charge in [-0.3, -0.25) is 0 Å². The van der Waals surface area contributed by atoms with Crippen molar-refractivity contribution in [2.24, 2.45) is 0 Å². The minimum absolute atomic E-state index is 0.198. The van der Waals surface area contributed by atoms with E-state index >= 15 is 0 Å². The summed E-state index contributed by atoms with van der Waals surface area (Å²) in [6, 6.07) is 6.77. The van der Waals surface area contributed by atoms with Gasteiger partial charge in [0.2, 0.25) is 0 Å². The van der Waals surface area contributed by atoms with Gasteiger partial charge in [-0.2, -0.15) is 4.98 Å². The summed E-state index contributed by atoms with van der Waals surface area (Å²) in [5.74, 6) is 0.612. The van der Waals surface area contributed by atoms with Gasteiger partial charge in [-0.25, -0.2) is 4.79 Å². The summed E-state index contributed by atoms with van der Waals surface area (Å²) < 4.78 is 9.94. The fraction of sp³-hybridized carbons (Fsp3) is 0.154. The topological polar surface area (TPSA) is 65.2 Å². The number of ether oxygens (including phenoxy) is 1. The predicted molar refractivity (Wildman–Crippen MR) is 65.0 cm³/mol. The van der Waals surface area contributed by atoms with Crippen LogP contribution >= 0.6 is 0 Å². The van der Waals surface area contributed by atoms with E-state index in [9.17, 15) is 4.79 Å². The van der Waals surface area contributed by atoms with Crippen LogP contribution in [-0.4, -0.2) is 22.7 Å². The summed E-state index contributed by atoms with van der Waals surface area (Å²) in [6.45, 7) is 5.42. The quantitative estimate of drug-likeness (QED) is 0.610. The number of rotatable bonds is 4. The van der Waals surface area contributed by atoms with Crippen molar-refractivity contribution >= 4 is 5.97 Å². The van der Waals surface area contributed by atoms with Crippen molar-refractivity contribution < 1.29 is 14.1 Å². The molecule has 1 aromatic heterocycles. The summed E-state index contributed by atoms with van der Waals surface area (Å²) >= 11 is 0. The van der Waals surface area contributed by atoms with E-state index in [-0.39, 0.29) is 12.6 Å². The predicted octanol–water partition coefficient (Wildman–Crippen LogP) is 2.39. The van der Waals surface area contributed by atoms with Crippen LogP contribution in [0.4, 0.5) is 0 Å². The Balaban J connectivity index is 2.15. The average molecular weight is 244 g/mol. The number of aromatic nitrogens is 2. The van der Waals surface area contributed by atoms with Gasteiger partial charge in [-0.05, 0) is 31.2 Å². The van der Waals surface area contributed by atoms with Gasteiger partial charge in [0, 0.05) is 5.56 Å². The molecule has 0 atom stereocenters. The van der Waals surface area contributed by atoms with E-state index in [1.165, 1.54) is 6.08 Å². The van der Waals surface area contributed by atoms with E-state index in [2.05, 4.69) is 16.7 Å². The van der Waals surface area contributed by atoms with Crippen molar-refractivity contribution in [1.29, 1.82) is 0 Å². The highest BCUT2D eigenvalue weighted by molar-refractivity contribution is 5.89. The highest BCUT2D eigenvalue weighted by Crippen LogP contribution is 2.17. The van der Waals surface area contributed by atoms with Crippen LogP contribution < -0.4 is 0 Å². The first-order valence-corrected chi connectivity index (χ1v) is 5.39. The van der Waals surface area contributed by atoms with Crippen molar-refractivity contribution in [1.82, 2.24) is 10.1 Å². The molecule has 0 saturated heterocycles. The lowest BCUT2D eigenvalue weighted by Crippen LogP contribution is -2.04. The van der Waals surface area contributed by atoms with E-state index in [0.717, 1.165) is 5.56 Å². The zero-order valence-corrected chi connectivity index (χ0v) is 9.92. The number of benzene rings is 1. The van der Waals surface area contributed by atoms with Crippen molar-refractivity contribution in [3.05, 3.63) is 48.3 Å². The first-order valence-electron chi connectivity index (χ1n) is 5.39. The van der Waals surface area contributed by atoms with Crippen LogP contribution in [0, 0.1) is 6.92 Å². The van der Waals surface area contributed by atoms with Gasteiger partial charge in [0.15, 0.2) is 5.82 Å². The van der Waals surface area contributed by atoms with E-state index < -0.39 is 0 Å². The third-order valence-corrected chi connectivity index (χ3v) is 2.23. The SMILES string of the molecule is C=CCOC(=O)c1ccc(-c2nc(C)no2)cc1. The number of hydrogen-bond acceptors (Lipinski definition) is 5. The first-order chi connectivity index (χ1) is 8.70. The molecule has 0 unspecified atom stereocenters. The molecule has 0 fully saturated rings. The molecule has 0 bridgehead atoms. The number of nitrogens with zero attached hydrogens (tertiary/aromatic N) is 2. The Kier molecular flexibility index (Phi) is 3.52. The number of aryl methyl sites for hydroxylation is 1. The maximum atomic E-state index is 11.5. The van der Waals surface area contributed by atoms with Crippen molar-refractivity contribution in [3.63, 3.8) is 0 Å². The highest BCUT2D eigenvalue weighted by Gasteiger charge is 2.09. The molecule has 92 valence electrons. The van der Waals surface area contributed by atoms with Crippen LogP contribution in [0.1, 0.15) is 16.2 Å². The van der Waals surface area contributed by atoms with Gasteiger partial charge in [-0.1, -0.05) is 17.8 Å². The molecule has 1 heterocycles. The Morgan fingerprint density at radius 3 is 2.72 bits per heavy atom. The van der Waals surface area contributed by atoms with Gasteiger partial charge in [0.1, 0.15) is 6.61 Å². The molecule has 0 saturated carbocycles. The minimum atomic E-state index is -0.386. The molecular formula is C13H12N2O3. The lowest BCUT2D eigenvalue weighted by Gasteiger charge is -2.01. The fourth-order valence-electron chi connectivity index (χ4n) is 1.38. The van der Waals surface area contributed by atoms with E-state index in [0.29, 0.717) is 17.3 Å². The molecule has 18 heavy (non-hydrogen) atoms. The molecule has 5 nitrogen and oxygen atoms in total. The Labute approximate surface area is 104 Å². The highest BCUT2D eigenvalue weighted by atomic mass is 16.5.